The number of benzene rings is 1. The van der Waals surface area contributed by atoms with Crippen LogP contribution in [0.1, 0.15) is 19.4 Å². The smallest absolute Gasteiger partial charge is 0.286 e. The van der Waals surface area contributed by atoms with E-state index in [1.807, 2.05) is 18.7 Å². The first kappa shape index (κ1) is 17.3. The molecule has 0 atom stereocenters. The standard InChI is InChI=1S/C15H16Cl2N2O2S/c1-3-18(4-2)9-19-14(20)13(22-15(19)21)7-10-5-6-11(16)8-12(10)17/h5-8H,3-4,9H2,1-2H3/b13-7+. The minimum absolute atomic E-state index is 0.256. The number of nitrogens with zero attached hydrogens (tertiary/aromatic N) is 2. The number of rotatable bonds is 5. The third kappa shape index (κ3) is 3.84. The minimum atomic E-state index is -0.284. The van der Waals surface area contributed by atoms with Gasteiger partial charge in [-0.3, -0.25) is 19.4 Å². The van der Waals surface area contributed by atoms with Gasteiger partial charge in [-0.25, -0.2) is 0 Å². The Labute approximate surface area is 144 Å². The lowest BCUT2D eigenvalue weighted by molar-refractivity contribution is -0.124. The van der Waals surface area contributed by atoms with Crippen LogP contribution in [0.4, 0.5) is 4.79 Å². The SMILES string of the molecule is CCN(CC)CN1C(=O)S/C(=C/c2ccc(Cl)cc2Cl)C1=O. The molecule has 7 heteroatoms. The largest absolute Gasteiger partial charge is 0.294 e. The van der Waals surface area contributed by atoms with E-state index in [0.717, 1.165) is 24.9 Å². The Balaban J connectivity index is 2.22. The molecule has 22 heavy (non-hydrogen) atoms. The fourth-order valence-corrected chi connectivity index (χ4v) is 3.29. The summed E-state index contributed by atoms with van der Waals surface area (Å²) in [6, 6.07) is 5.03. The Morgan fingerprint density at radius 2 is 1.91 bits per heavy atom. The van der Waals surface area contributed by atoms with Crippen molar-refractivity contribution in [2.45, 2.75) is 13.8 Å². The Hall–Kier alpha value is -1.01. The number of amides is 2. The van der Waals surface area contributed by atoms with Gasteiger partial charge in [0.1, 0.15) is 0 Å². The maximum absolute atomic E-state index is 12.4. The van der Waals surface area contributed by atoms with E-state index < -0.39 is 0 Å². The number of carbonyl (C=O) groups is 2. The summed E-state index contributed by atoms with van der Waals surface area (Å²) >= 11 is 12.9. The highest BCUT2D eigenvalue weighted by Crippen LogP contribution is 2.34. The zero-order valence-corrected chi connectivity index (χ0v) is 14.6. The van der Waals surface area contributed by atoms with Gasteiger partial charge in [-0.15, -0.1) is 0 Å². The Morgan fingerprint density at radius 1 is 1.23 bits per heavy atom. The average molecular weight is 359 g/mol. The van der Waals surface area contributed by atoms with Crippen LogP contribution in [0.3, 0.4) is 0 Å². The lowest BCUT2D eigenvalue weighted by Crippen LogP contribution is -2.40. The van der Waals surface area contributed by atoms with Crippen LogP contribution in [0.5, 0.6) is 0 Å². The molecule has 1 saturated heterocycles. The van der Waals surface area contributed by atoms with Crippen molar-refractivity contribution in [1.82, 2.24) is 9.80 Å². The van der Waals surface area contributed by atoms with Crippen molar-refractivity contribution in [3.8, 4) is 0 Å². The van der Waals surface area contributed by atoms with Crippen molar-refractivity contribution in [1.29, 1.82) is 0 Å². The maximum Gasteiger partial charge on any atom is 0.294 e. The molecule has 0 radical (unpaired) electrons. The molecule has 1 fully saturated rings. The molecular weight excluding hydrogens is 343 g/mol. The fourth-order valence-electron chi connectivity index (χ4n) is 2.01. The monoisotopic (exact) mass is 358 g/mol. The van der Waals surface area contributed by atoms with E-state index >= 15 is 0 Å². The molecule has 2 amide bonds. The molecule has 1 aliphatic rings. The minimum Gasteiger partial charge on any atom is -0.286 e. The van der Waals surface area contributed by atoms with Gasteiger partial charge in [-0.2, -0.15) is 0 Å². The van der Waals surface area contributed by atoms with Gasteiger partial charge in [-0.1, -0.05) is 43.1 Å². The lowest BCUT2D eigenvalue weighted by Gasteiger charge is -2.23. The second kappa shape index (κ2) is 7.51. The highest BCUT2D eigenvalue weighted by molar-refractivity contribution is 8.18. The summed E-state index contributed by atoms with van der Waals surface area (Å²) in [5, 5.41) is 0.716. The van der Waals surface area contributed by atoms with E-state index in [9.17, 15) is 9.59 Å². The normalized spacial score (nSPS) is 17.1. The zero-order valence-electron chi connectivity index (χ0n) is 12.3. The van der Waals surface area contributed by atoms with Gasteiger partial charge in [0.2, 0.25) is 0 Å². The van der Waals surface area contributed by atoms with Crippen LogP contribution in [0.2, 0.25) is 10.0 Å². The van der Waals surface area contributed by atoms with Crippen molar-refractivity contribution >= 4 is 52.2 Å². The summed E-state index contributed by atoms with van der Waals surface area (Å²) in [5.74, 6) is -0.284. The zero-order chi connectivity index (χ0) is 16.3. The van der Waals surface area contributed by atoms with Crippen molar-refractivity contribution in [3.05, 3.63) is 38.7 Å². The molecule has 0 unspecified atom stereocenters. The molecule has 2 rings (SSSR count). The van der Waals surface area contributed by atoms with Crippen LogP contribution in [-0.2, 0) is 4.79 Å². The van der Waals surface area contributed by atoms with Crippen LogP contribution in [0, 0.1) is 0 Å². The van der Waals surface area contributed by atoms with Crippen LogP contribution in [0.25, 0.3) is 6.08 Å². The number of carbonyl (C=O) groups excluding carboxylic acids is 2. The van der Waals surface area contributed by atoms with E-state index in [0.29, 0.717) is 27.2 Å². The third-order valence-electron chi connectivity index (χ3n) is 3.36. The predicted molar refractivity (Wildman–Crippen MR) is 92.1 cm³/mol. The Kier molecular flexibility index (Phi) is 5.92. The first-order chi connectivity index (χ1) is 10.5. The molecule has 0 N–H and O–H groups in total. The highest BCUT2D eigenvalue weighted by atomic mass is 35.5. The van der Waals surface area contributed by atoms with Gasteiger partial charge in [-0.05, 0) is 48.6 Å². The van der Waals surface area contributed by atoms with Crippen LogP contribution < -0.4 is 0 Å². The molecule has 1 aromatic carbocycles. The van der Waals surface area contributed by atoms with Gasteiger partial charge < -0.3 is 0 Å². The molecule has 0 saturated carbocycles. The fraction of sp³-hybridized carbons (Fsp3) is 0.333. The van der Waals surface area contributed by atoms with E-state index in [4.69, 9.17) is 23.2 Å². The highest BCUT2D eigenvalue weighted by Gasteiger charge is 2.35. The molecule has 1 aliphatic heterocycles. The molecule has 0 aromatic heterocycles. The van der Waals surface area contributed by atoms with Crippen molar-refractivity contribution in [2.75, 3.05) is 19.8 Å². The molecule has 118 valence electrons. The second-order valence-corrected chi connectivity index (χ2v) is 6.56. The summed E-state index contributed by atoms with van der Waals surface area (Å²) in [6.07, 6.45) is 1.63. The second-order valence-electron chi connectivity index (χ2n) is 4.72. The van der Waals surface area contributed by atoms with E-state index in [2.05, 4.69) is 0 Å². The van der Waals surface area contributed by atoms with Gasteiger partial charge in [0.25, 0.3) is 11.1 Å². The van der Waals surface area contributed by atoms with E-state index in [1.54, 1.807) is 24.3 Å². The Bertz CT molecular complexity index is 630. The van der Waals surface area contributed by atoms with Crippen molar-refractivity contribution < 1.29 is 9.59 Å². The summed E-state index contributed by atoms with van der Waals surface area (Å²) in [4.78, 5) is 28.1. The molecule has 1 heterocycles. The Morgan fingerprint density at radius 3 is 2.50 bits per heavy atom. The van der Waals surface area contributed by atoms with Gasteiger partial charge in [0.05, 0.1) is 11.6 Å². The molecule has 4 nitrogen and oxygen atoms in total. The first-order valence-electron chi connectivity index (χ1n) is 6.89. The van der Waals surface area contributed by atoms with Gasteiger partial charge in [0, 0.05) is 10.0 Å². The van der Waals surface area contributed by atoms with Crippen molar-refractivity contribution in [2.24, 2.45) is 0 Å². The summed E-state index contributed by atoms with van der Waals surface area (Å²) in [6.45, 7) is 5.85. The van der Waals surface area contributed by atoms with Gasteiger partial charge in [0.15, 0.2) is 0 Å². The lowest BCUT2D eigenvalue weighted by atomic mass is 10.2. The van der Waals surface area contributed by atoms with Crippen LogP contribution in [0.15, 0.2) is 23.1 Å². The third-order valence-corrected chi connectivity index (χ3v) is 4.83. The van der Waals surface area contributed by atoms with E-state index in [1.165, 1.54) is 4.90 Å². The molecular formula is C15H16Cl2N2O2S. The summed E-state index contributed by atoms with van der Waals surface area (Å²) in [7, 11) is 0. The summed E-state index contributed by atoms with van der Waals surface area (Å²) in [5.41, 5.74) is 0.666. The van der Waals surface area contributed by atoms with Crippen LogP contribution in [-0.4, -0.2) is 40.7 Å². The number of hydrogen-bond donors (Lipinski definition) is 0. The van der Waals surface area contributed by atoms with Gasteiger partial charge >= 0.3 is 0 Å². The number of hydrogen-bond acceptors (Lipinski definition) is 4. The number of halogens is 2. The maximum atomic E-state index is 12.4. The molecule has 0 aliphatic carbocycles. The van der Waals surface area contributed by atoms with Crippen molar-refractivity contribution in [3.63, 3.8) is 0 Å². The number of thioether (sulfide) groups is 1. The molecule has 1 aromatic rings. The number of imide groups is 1. The summed E-state index contributed by atoms with van der Waals surface area (Å²) < 4.78 is 0. The topological polar surface area (TPSA) is 40.6 Å². The van der Waals surface area contributed by atoms with Crippen LogP contribution >= 0.6 is 35.0 Å². The predicted octanol–water partition coefficient (Wildman–Crippen LogP) is 4.33. The molecule has 0 bridgehead atoms. The first-order valence-corrected chi connectivity index (χ1v) is 8.46. The molecule has 0 spiro atoms. The quantitative estimate of drug-likeness (QED) is 0.734. The van der Waals surface area contributed by atoms with E-state index in [-0.39, 0.29) is 11.1 Å². The average Bonchev–Trinajstić information content (AvgIpc) is 2.74.